The zero-order valence-electron chi connectivity index (χ0n) is 12.6. The Kier molecular flexibility index (Phi) is 4.39. The molecule has 2 saturated heterocycles. The van der Waals surface area contributed by atoms with Gasteiger partial charge in [0.2, 0.25) is 0 Å². The molecule has 0 bridgehead atoms. The smallest absolute Gasteiger partial charge is 0.410 e. The lowest BCUT2D eigenvalue weighted by molar-refractivity contribution is 0.00179. The van der Waals surface area contributed by atoms with Crippen LogP contribution in [0.5, 0.6) is 0 Å². The quantitative estimate of drug-likeness (QED) is 0.734. The summed E-state index contributed by atoms with van der Waals surface area (Å²) >= 11 is 0. The maximum absolute atomic E-state index is 12.2. The average molecular weight is 268 g/mol. The van der Waals surface area contributed by atoms with Gasteiger partial charge in [0.15, 0.2) is 0 Å². The number of carbonyl (C=O) groups excluding carboxylic acids is 1. The Bertz CT molecular complexity index is 315. The van der Waals surface area contributed by atoms with Crippen molar-refractivity contribution < 1.29 is 9.53 Å². The number of piperidine rings is 1. The highest BCUT2D eigenvalue weighted by Gasteiger charge is 2.38. The predicted molar refractivity (Wildman–Crippen MR) is 76.2 cm³/mol. The van der Waals surface area contributed by atoms with Crippen molar-refractivity contribution in [3.63, 3.8) is 0 Å². The van der Waals surface area contributed by atoms with Gasteiger partial charge in [0.1, 0.15) is 5.60 Å². The van der Waals surface area contributed by atoms with Crippen molar-refractivity contribution in [2.24, 2.45) is 5.41 Å². The molecule has 110 valence electrons. The van der Waals surface area contributed by atoms with Gasteiger partial charge in [0, 0.05) is 13.1 Å². The molecule has 4 nitrogen and oxygen atoms in total. The van der Waals surface area contributed by atoms with E-state index in [1.807, 2.05) is 25.7 Å². The van der Waals surface area contributed by atoms with E-state index in [-0.39, 0.29) is 6.09 Å². The van der Waals surface area contributed by atoms with Crippen LogP contribution in [0.4, 0.5) is 4.79 Å². The van der Waals surface area contributed by atoms with Crippen molar-refractivity contribution in [2.45, 2.75) is 58.5 Å². The second-order valence-electron chi connectivity index (χ2n) is 7.11. The fourth-order valence-electron chi connectivity index (χ4n) is 3.29. The zero-order valence-corrected chi connectivity index (χ0v) is 12.6. The highest BCUT2D eigenvalue weighted by Crippen LogP contribution is 2.38. The van der Waals surface area contributed by atoms with Crippen molar-refractivity contribution in [1.82, 2.24) is 10.2 Å². The second-order valence-corrected chi connectivity index (χ2v) is 7.11. The highest BCUT2D eigenvalue weighted by atomic mass is 16.6. The molecule has 1 unspecified atom stereocenters. The number of hydrogen-bond acceptors (Lipinski definition) is 3. The number of amides is 1. The van der Waals surface area contributed by atoms with Crippen LogP contribution in [0.25, 0.3) is 0 Å². The molecule has 1 N–H and O–H groups in total. The maximum Gasteiger partial charge on any atom is 0.410 e. The fraction of sp³-hybridized carbons (Fsp3) is 0.933. The van der Waals surface area contributed by atoms with E-state index in [1.54, 1.807) is 0 Å². The van der Waals surface area contributed by atoms with Crippen LogP contribution in [0, 0.1) is 5.41 Å². The summed E-state index contributed by atoms with van der Waals surface area (Å²) in [6.45, 7) is 9.73. The topological polar surface area (TPSA) is 41.6 Å². The van der Waals surface area contributed by atoms with E-state index in [4.69, 9.17) is 4.74 Å². The van der Waals surface area contributed by atoms with Crippen molar-refractivity contribution in [3.8, 4) is 0 Å². The standard InChI is InChI=1S/C15H28N2O2/c1-14(2,3)19-13(18)17-11-5-7-15(12-17)6-4-9-16-10-8-15/h16H,4-12H2,1-3H3. The van der Waals surface area contributed by atoms with E-state index in [0.29, 0.717) is 5.41 Å². The van der Waals surface area contributed by atoms with Gasteiger partial charge in [-0.3, -0.25) is 0 Å². The minimum absolute atomic E-state index is 0.135. The Balaban J connectivity index is 1.98. The van der Waals surface area contributed by atoms with E-state index in [2.05, 4.69) is 5.32 Å². The Hall–Kier alpha value is -0.770. The number of nitrogens with zero attached hydrogens (tertiary/aromatic N) is 1. The van der Waals surface area contributed by atoms with Gasteiger partial charge in [-0.1, -0.05) is 0 Å². The van der Waals surface area contributed by atoms with E-state index < -0.39 is 5.60 Å². The number of carbonyl (C=O) groups is 1. The normalized spacial score (nSPS) is 29.1. The SMILES string of the molecule is CC(C)(C)OC(=O)N1CCCC2(CCCNCC2)C1. The van der Waals surface area contributed by atoms with Crippen LogP contribution in [0.2, 0.25) is 0 Å². The first-order chi connectivity index (χ1) is 8.90. The number of likely N-dealkylation sites (tertiary alicyclic amines) is 1. The molecule has 19 heavy (non-hydrogen) atoms. The van der Waals surface area contributed by atoms with Crippen molar-refractivity contribution in [3.05, 3.63) is 0 Å². The number of hydrogen-bond donors (Lipinski definition) is 1. The molecular weight excluding hydrogens is 240 g/mol. The van der Waals surface area contributed by atoms with Crippen LogP contribution < -0.4 is 5.32 Å². The second kappa shape index (κ2) is 5.70. The average Bonchev–Trinajstić information content (AvgIpc) is 2.53. The summed E-state index contributed by atoms with van der Waals surface area (Å²) in [5.74, 6) is 0. The van der Waals surface area contributed by atoms with Crippen LogP contribution in [0.15, 0.2) is 0 Å². The van der Waals surface area contributed by atoms with Gasteiger partial charge in [0.25, 0.3) is 0 Å². The Labute approximate surface area is 116 Å². The van der Waals surface area contributed by atoms with Crippen LogP contribution in [0.3, 0.4) is 0 Å². The summed E-state index contributed by atoms with van der Waals surface area (Å²) in [6.07, 6.45) is 5.88. The Morgan fingerprint density at radius 1 is 1.16 bits per heavy atom. The van der Waals surface area contributed by atoms with E-state index in [0.717, 1.165) is 32.6 Å². The van der Waals surface area contributed by atoms with Gasteiger partial charge in [-0.15, -0.1) is 0 Å². The third-order valence-corrected chi connectivity index (χ3v) is 4.21. The van der Waals surface area contributed by atoms with Gasteiger partial charge in [0.05, 0.1) is 0 Å². The summed E-state index contributed by atoms with van der Waals surface area (Å²) in [5.41, 5.74) is -0.0641. The monoisotopic (exact) mass is 268 g/mol. The molecule has 1 amide bonds. The van der Waals surface area contributed by atoms with Crippen molar-refractivity contribution in [2.75, 3.05) is 26.2 Å². The van der Waals surface area contributed by atoms with E-state index >= 15 is 0 Å². The Morgan fingerprint density at radius 3 is 2.63 bits per heavy atom. The molecule has 0 aromatic carbocycles. The van der Waals surface area contributed by atoms with Crippen LogP contribution in [-0.4, -0.2) is 42.8 Å². The fourth-order valence-corrected chi connectivity index (χ4v) is 3.29. The lowest BCUT2D eigenvalue weighted by Crippen LogP contribution is -2.48. The highest BCUT2D eigenvalue weighted by molar-refractivity contribution is 5.68. The molecule has 2 aliphatic rings. The first kappa shape index (κ1) is 14.6. The van der Waals surface area contributed by atoms with Crippen LogP contribution in [-0.2, 0) is 4.74 Å². The third kappa shape index (κ3) is 4.10. The van der Waals surface area contributed by atoms with Crippen LogP contribution in [0.1, 0.15) is 52.9 Å². The Morgan fingerprint density at radius 2 is 1.89 bits per heavy atom. The molecule has 2 heterocycles. The molecule has 1 atom stereocenters. The number of rotatable bonds is 0. The van der Waals surface area contributed by atoms with E-state index in [9.17, 15) is 4.79 Å². The molecule has 0 aliphatic carbocycles. The molecule has 4 heteroatoms. The first-order valence-electron chi connectivity index (χ1n) is 7.59. The summed E-state index contributed by atoms with van der Waals surface area (Å²) < 4.78 is 5.51. The molecule has 2 fully saturated rings. The molecule has 0 radical (unpaired) electrons. The summed E-state index contributed by atoms with van der Waals surface area (Å²) in [4.78, 5) is 14.1. The molecule has 0 saturated carbocycles. The lowest BCUT2D eigenvalue weighted by Gasteiger charge is -2.42. The third-order valence-electron chi connectivity index (χ3n) is 4.21. The first-order valence-corrected chi connectivity index (χ1v) is 7.59. The van der Waals surface area contributed by atoms with Gasteiger partial charge in [-0.05, 0) is 71.4 Å². The summed E-state index contributed by atoms with van der Waals surface area (Å²) in [6, 6.07) is 0. The number of ether oxygens (including phenoxy) is 1. The van der Waals surface area contributed by atoms with Gasteiger partial charge in [-0.25, -0.2) is 4.79 Å². The maximum atomic E-state index is 12.2. The number of nitrogens with one attached hydrogen (secondary N) is 1. The van der Waals surface area contributed by atoms with Gasteiger partial charge < -0.3 is 15.0 Å². The van der Waals surface area contributed by atoms with Crippen LogP contribution >= 0.6 is 0 Å². The van der Waals surface area contributed by atoms with E-state index in [1.165, 1.54) is 25.7 Å². The minimum Gasteiger partial charge on any atom is -0.444 e. The lowest BCUT2D eigenvalue weighted by atomic mass is 9.74. The minimum atomic E-state index is -0.396. The summed E-state index contributed by atoms with van der Waals surface area (Å²) in [5, 5.41) is 3.47. The predicted octanol–water partition coefficient (Wildman–Crippen LogP) is 2.78. The molecule has 0 aromatic rings. The van der Waals surface area contributed by atoms with Crippen molar-refractivity contribution in [1.29, 1.82) is 0 Å². The van der Waals surface area contributed by atoms with Gasteiger partial charge in [-0.2, -0.15) is 0 Å². The van der Waals surface area contributed by atoms with Gasteiger partial charge >= 0.3 is 6.09 Å². The summed E-state index contributed by atoms with van der Waals surface area (Å²) in [7, 11) is 0. The molecule has 2 rings (SSSR count). The zero-order chi connectivity index (χ0) is 13.9. The molecule has 2 aliphatic heterocycles. The molecular formula is C15H28N2O2. The van der Waals surface area contributed by atoms with Crippen molar-refractivity contribution >= 4 is 6.09 Å². The largest absolute Gasteiger partial charge is 0.444 e. The molecule has 0 aromatic heterocycles. The molecule has 1 spiro atoms.